The van der Waals surface area contributed by atoms with Gasteiger partial charge in [-0.05, 0) is 50.0 Å². The zero-order chi connectivity index (χ0) is 32.3. The maximum atomic E-state index is 7.04. The number of para-hydroxylation sites is 1. The van der Waals surface area contributed by atoms with E-state index in [0.717, 1.165) is 66.8 Å². The molecule has 0 spiro atoms. The van der Waals surface area contributed by atoms with E-state index in [1.165, 1.54) is 26.9 Å². The normalized spacial score (nSPS) is 13.6. The molecule has 0 fully saturated rings. The van der Waals surface area contributed by atoms with Gasteiger partial charge in [-0.2, -0.15) is 0 Å². The lowest BCUT2D eigenvalue weighted by atomic mass is 9.92. The predicted molar refractivity (Wildman–Crippen MR) is 204 cm³/mol. The number of nitrogens with zero attached hydrogens (tertiary/aromatic N) is 2. The first-order chi connectivity index (χ1) is 24.3. The van der Waals surface area contributed by atoms with E-state index in [-0.39, 0.29) is 0 Å². The summed E-state index contributed by atoms with van der Waals surface area (Å²) in [4.78, 5) is 10.3. The van der Waals surface area contributed by atoms with Crippen LogP contribution in [0.4, 0.5) is 0 Å². The van der Waals surface area contributed by atoms with Crippen LogP contribution in [0, 0.1) is 0 Å². The fraction of sp³-hybridized carbons (Fsp3) is 0.0222. The smallest absolute Gasteiger partial charge is 0.173 e. The molecule has 0 bridgehead atoms. The molecule has 8 aromatic carbocycles. The third kappa shape index (κ3) is 4.53. The van der Waals surface area contributed by atoms with E-state index >= 15 is 0 Å². The molecule has 1 aromatic heterocycles. The average Bonchev–Trinajstić information content (AvgIpc) is 3.55. The Morgan fingerprint density at radius 3 is 1.76 bits per heavy atom. The van der Waals surface area contributed by atoms with Gasteiger partial charge in [-0.15, -0.1) is 0 Å². The van der Waals surface area contributed by atoms with Crippen LogP contribution in [0.2, 0.25) is 0 Å². The van der Waals surface area contributed by atoms with Crippen molar-refractivity contribution >= 4 is 65.9 Å². The first-order valence-electron chi connectivity index (χ1n) is 16.6. The van der Waals surface area contributed by atoms with Crippen molar-refractivity contribution in [2.45, 2.75) is 6.17 Å². The quantitative estimate of drug-likeness (QED) is 0.197. The van der Waals surface area contributed by atoms with Crippen LogP contribution < -0.4 is 5.32 Å². The first-order valence-corrected chi connectivity index (χ1v) is 16.6. The Kier molecular flexibility index (Phi) is 6.21. The molecule has 10 rings (SSSR count). The van der Waals surface area contributed by atoms with Gasteiger partial charge in [-0.1, -0.05) is 152 Å². The monoisotopic (exact) mass is 627 g/mol. The highest BCUT2D eigenvalue weighted by molar-refractivity contribution is 6.20. The van der Waals surface area contributed by atoms with E-state index in [2.05, 4.69) is 133 Å². The molecule has 0 atom stereocenters. The highest BCUT2D eigenvalue weighted by Gasteiger charge is 2.25. The highest BCUT2D eigenvalue weighted by atomic mass is 16.3. The number of rotatable bonds is 4. The minimum atomic E-state index is -0.497. The van der Waals surface area contributed by atoms with Crippen molar-refractivity contribution in [1.82, 2.24) is 5.32 Å². The van der Waals surface area contributed by atoms with Crippen LogP contribution in [0.3, 0.4) is 0 Å². The Morgan fingerprint density at radius 2 is 1.00 bits per heavy atom. The van der Waals surface area contributed by atoms with E-state index in [1.807, 2.05) is 36.4 Å². The van der Waals surface area contributed by atoms with Crippen molar-refractivity contribution in [3.8, 4) is 11.1 Å². The standard InChI is InChI=1S/C45H29N3O/c1-3-13-29(14-4-1)43-46-44(30-15-5-2-6-16-30)48-45(47-43)38-21-11-20-37-39-27-31-17-8-10-19-36(31)40(42(39)49-41(37)38)33-24-25-35-32(26-33)23-22-28-12-7-9-18-34(28)35/h1-27,45H,(H,46,47,48). The lowest BCUT2D eigenvalue weighted by molar-refractivity contribution is 0.650. The Balaban J connectivity index is 1.21. The van der Waals surface area contributed by atoms with Crippen molar-refractivity contribution in [3.63, 3.8) is 0 Å². The molecule has 1 aliphatic heterocycles. The third-order valence-corrected chi connectivity index (χ3v) is 9.69. The summed E-state index contributed by atoms with van der Waals surface area (Å²) in [5.74, 6) is 1.56. The predicted octanol–water partition coefficient (Wildman–Crippen LogP) is 11.2. The molecule has 4 heteroatoms. The van der Waals surface area contributed by atoms with Gasteiger partial charge in [0.1, 0.15) is 22.8 Å². The van der Waals surface area contributed by atoms with Gasteiger partial charge in [0, 0.05) is 33.0 Å². The van der Waals surface area contributed by atoms with Gasteiger partial charge in [0.2, 0.25) is 0 Å². The van der Waals surface area contributed by atoms with Crippen molar-refractivity contribution in [1.29, 1.82) is 0 Å². The van der Waals surface area contributed by atoms with Crippen molar-refractivity contribution in [3.05, 3.63) is 180 Å². The molecule has 9 aromatic rings. The van der Waals surface area contributed by atoms with E-state index in [1.54, 1.807) is 0 Å². The molecule has 1 aliphatic rings. The molecule has 230 valence electrons. The zero-order valence-corrected chi connectivity index (χ0v) is 26.5. The van der Waals surface area contributed by atoms with Gasteiger partial charge >= 0.3 is 0 Å². The second-order valence-corrected chi connectivity index (χ2v) is 12.6. The lowest BCUT2D eigenvalue weighted by Gasteiger charge is -2.22. The maximum absolute atomic E-state index is 7.04. The van der Waals surface area contributed by atoms with Crippen LogP contribution in [-0.4, -0.2) is 11.7 Å². The lowest BCUT2D eigenvalue weighted by Crippen LogP contribution is -2.36. The molecular formula is C45H29N3O. The molecule has 0 amide bonds. The highest BCUT2D eigenvalue weighted by Crippen LogP contribution is 2.44. The molecule has 1 N–H and O–H groups in total. The summed E-state index contributed by atoms with van der Waals surface area (Å²) in [7, 11) is 0. The number of fused-ring (bicyclic) bond motifs is 7. The van der Waals surface area contributed by atoms with Gasteiger partial charge in [-0.25, -0.2) is 9.98 Å². The Labute approximate surface area is 282 Å². The molecule has 0 aliphatic carbocycles. The Hall–Kier alpha value is -6.52. The number of furan rings is 1. The van der Waals surface area contributed by atoms with Crippen LogP contribution in [0.1, 0.15) is 22.9 Å². The van der Waals surface area contributed by atoms with Crippen LogP contribution in [-0.2, 0) is 0 Å². The third-order valence-electron chi connectivity index (χ3n) is 9.69. The number of nitrogens with one attached hydrogen (secondary N) is 1. The number of aliphatic imine (C=N–C) groups is 2. The number of hydrogen-bond donors (Lipinski definition) is 1. The molecule has 0 saturated carbocycles. The first kappa shape index (κ1) is 27.6. The Bertz CT molecular complexity index is 2740. The summed E-state index contributed by atoms with van der Waals surface area (Å²) in [6.07, 6.45) is -0.497. The van der Waals surface area contributed by atoms with Gasteiger partial charge in [0.15, 0.2) is 6.17 Å². The van der Waals surface area contributed by atoms with Gasteiger partial charge in [0.05, 0.1) is 0 Å². The van der Waals surface area contributed by atoms with Gasteiger partial charge in [0.25, 0.3) is 0 Å². The van der Waals surface area contributed by atoms with E-state index in [4.69, 9.17) is 14.4 Å². The van der Waals surface area contributed by atoms with Crippen molar-refractivity contribution < 1.29 is 4.42 Å². The Morgan fingerprint density at radius 1 is 0.408 bits per heavy atom. The molecule has 2 heterocycles. The second kappa shape index (κ2) is 11.0. The van der Waals surface area contributed by atoms with Crippen LogP contribution in [0.25, 0.3) is 65.4 Å². The minimum Gasteiger partial charge on any atom is -0.455 e. The fourth-order valence-electron chi connectivity index (χ4n) is 7.35. The summed E-state index contributed by atoms with van der Waals surface area (Å²) in [5.41, 5.74) is 6.83. The van der Waals surface area contributed by atoms with Crippen molar-refractivity contribution in [2.75, 3.05) is 0 Å². The van der Waals surface area contributed by atoms with Crippen LogP contribution >= 0.6 is 0 Å². The summed E-state index contributed by atoms with van der Waals surface area (Å²) >= 11 is 0. The van der Waals surface area contributed by atoms with Crippen molar-refractivity contribution in [2.24, 2.45) is 9.98 Å². The van der Waals surface area contributed by atoms with Gasteiger partial charge in [-0.3, -0.25) is 0 Å². The summed E-state index contributed by atoms with van der Waals surface area (Å²) in [5, 5.41) is 12.9. The average molecular weight is 628 g/mol. The molecule has 0 unspecified atom stereocenters. The summed E-state index contributed by atoms with van der Waals surface area (Å²) < 4.78 is 7.04. The van der Waals surface area contributed by atoms with Gasteiger partial charge < -0.3 is 9.73 Å². The molecule has 0 saturated heterocycles. The summed E-state index contributed by atoms with van der Waals surface area (Å²) in [6.45, 7) is 0. The second-order valence-electron chi connectivity index (χ2n) is 12.6. The molecule has 0 radical (unpaired) electrons. The zero-order valence-electron chi connectivity index (χ0n) is 26.5. The maximum Gasteiger partial charge on any atom is 0.173 e. The largest absolute Gasteiger partial charge is 0.455 e. The van der Waals surface area contributed by atoms with E-state index in [0.29, 0.717) is 0 Å². The van der Waals surface area contributed by atoms with E-state index in [9.17, 15) is 0 Å². The molecule has 4 nitrogen and oxygen atoms in total. The number of hydrogen-bond acceptors (Lipinski definition) is 4. The fourth-order valence-corrected chi connectivity index (χ4v) is 7.35. The summed E-state index contributed by atoms with van der Waals surface area (Å²) in [6, 6.07) is 57.5. The SMILES string of the molecule is c1ccc(C2=NC(c3cccc4c3oc3c(-c5ccc6c(ccc7ccccc76)c5)c5ccccc5cc34)N=C(c3ccccc3)N2)cc1. The molecular weight excluding hydrogens is 599 g/mol. The number of amidine groups is 2. The van der Waals surface area contributed by atoms with Crippen LogP contribution in [0.5, 0.6) is 0 Å². The van der Waals surface area contributed by atoms with E-state index < -0.39 is 6.17 Å². The molecule has 49 heavy (non-hydrogen) atoms. The number of benzene rings is 8. The minimum absolute atomic E-state index is 0.497. The topological polar surface area (TPSA) is 49.9 Å². The van der Waals surface area contributed by atoms with Crippen LogP contribution in [0.15, 0.2) is 178 Å².